The van der Waals surface area contributed by atoms with Gasteiger partial charge in [0.05, 0.1) is 6.10 Å². The second kappa shape index (κ2) is 5.80. The molecule has 2 rings (SSSR count). The first-order valence-electron chi connectivity index (χ1n) is 6.21. The van der Waals surface area contributed by atoms with Crippen molar-refractivity contribution >= 4 is 5.82 Å². The molecule has 2 heterocycles. The minimum atomic E-state index is -0.281. The number of nitrogens with zero attached hydrogens (tertiary/aromatic N) is 4. The van der Waals surface area contributed by atoms with Crippen molar-refractivity contribution in [2.75, 3.05) is 37.6 Å². The summed E-state index contributed by atoms with van der Waals surface area (Å²) in [5.74, 6) is 0.866. The second-order valence-corrected chi connectivity index (χ2v) is 4.63. The van der Waals surface area contributed by atoms with Crippen molar-refractivity contribution < 1.29 is 5.11 Å². The number of rotatable bonds is 3. The Labute approximate surface area is 107 Å². The van der Waals surface area contributed by atoms with Gasteiger partial charge in [0.1, 0.15) is 17.6 Å². The van der Waals surface area contributed by atoms with Crippen LogP contribution in [0.5, 0.6) is 0 Å². The van der Waals surface area contributed by atoms with Crippen LogP contribution in [-0.2, 0) is 0 Å². The highest BCUT2D eigenvalue weighted by molar-refractivity contribution is 5.42. The molecular weight excluding hydrogens is 228 g/mol. The van der Waals surface area contributed by atoms with Crippen LogP contribution in [0.15, 0.2) is 18.2 Å². The average Bonchev–Trinajstić information content (AvgIpc) is 2.39. The molecule has 0 radical (unpaired) electrons. The first-order valence-corrected chi connectivity index (χ1v) is 6.21. The molecule has 0 amide bonds. The van der Waals surface area contributed by atoms with Gasteiger partial charge in [-0.25, -0.2) is 4.98 Å². The second-order valence-electron chi connectivity index (χ2n) is 4.63. The normalized spacial score (nSPS) is 18.4. The van der Waals surface area contributed by atoms with E-state index in [1.54, 1.807) is 6.07 Å². The maximum Gasteiger partial charge on any atom is 0.142 e. The minimum Gasteiger partial charge on any atom is -0.392 e. The topological polar surface area (TPSA) is 63.4 Å². The lowest BCUT2D eigenvalue weighted by atomic mass is 10.2. The number of aromatic nitrogens is 1. The van der Waals surface area contributed by atoms with E-state index >= 15 is 0 Å². The Kier molecular flexibility index (Phi) is 4.13. The van der Waals surface area contributed by atoms with Crippen molar-refractivity contribution in [3.8, 4) is 6.07 Å². The molecule has 0 saturated carbocycles. The van der Waals surface area contributed by atoms with Crippen LogP contribution in [0.25, 0.3) is 0 Å². The number of β-amino-alcohol motifs (C(OH)–C–C–N with tert-alkyl or cyclic N) is 1. The van der Waals surface area contributed by atoms with Gasteiger partial charge in [-0.1, -0.05) is 6.07 Å². The lowest BCUT2D eigenvalue weighted by molar-refractivity contribution is 0.122. The van der Waals surface area contributed by atoms with Gasteiger partial charge in [0.15, 0.2) is 0 Å². The highest BCUT2D eigenvalue weighted by Gasteiger charge is 2.18. The van der Waals surface area contributed by atoms with E-state index in [-0.39, 0.29) is 6.10 Å². The van der Waals surface area contributed by atoms with Gasteiger partial charge >= 0.3 is 0 Å². The molecule has 1 aromatic heterocycles. The molecule has 0 spiro atoms. The van der Waals surface area contributed by atoms with E-state index in [2.05, 4.69) is 20.9 Å². The molecule has 0 aliphatic carbocycles. The Bertz CT molecular complexity index is 433. The Morgan fingerprint density at radius 2 is 2.11 bits per heavy atom. The predicted octanol–water partition coefficient (Wildman–Crippen LogP) is 0.456. The first-order chi connectivity index (χ1) is 8.69. The summed E-state index contributed by atoms with van der Waals surface area (Å²) in [6.07, 6.45) is -0.281. The summed E-state index contributed by atoms with van der Waals surface area (Å²) in [6.45, 7) is 6.14. The molecule has 0 bridgehead atoms. The van der Waals surface area contributed by atoms with Crippen molar-refractivity contribution in [3.05, 3.63) is 23.9 Å². The number of nitriles is 1. The zero-order chi connectivity index (χ0) is 13.0. The highest BCUT2D eigenvalue weighted by atomic mass is 16.3. The van der Waals surface area contributed by atoms with Crippen molar-refractivity contribution in [2.24, 2.45) is 0 Å². The summed E-state index contributed by atoms with van der Waals surface area (Å²) in [5, 5.41) is 18.2. The van der Waals surface area contributed by atoms with E-state index in [9.17, 15) is 5.11 Å². The molecule has 1 aromatic rings. The number of hydrogen-bond acceptors (Lipinski definition) is 5. The maximum absolute atomic E-state index is 9.35. The number of piperazine rings is 1. The molecule has 5 nitrogen and oxygen atoms in total. The smallest absolute Gasteiger partial charge is 0.142 e. The summed E-state index contributed by atoms with van der Waals surface area (Å²) >= 11 is 0. The summed E-state index contributed by atoms with van der Waals surface area (Å²) in [5.41, 5.74) is 0.457. The Balaban J connectivity index is 1.95. The van der Waals surface area contributed by atoms with Crippen molar-refractivity contribution in [3.63, 3.8) is 0 Å². The SMILES string of the molecule is C[C@@H](O)CN1CCN(c2cccc(C#N)n2)CC1. The van der Waals surface area contributed by atoms with Gasteiger partial charge in [-0.3, -0.25) is 4.90 Å². The third kappa shape index (κ3) is 3.19. The van der Waals surface area contributed by atoms with Gasteiger partial charge in [-0.15, -0.1) is 0 Å². The van der Waals surface area contributed by atoms with E-state index in [4.69, 9.17) is 5.26 Å². The van der Waals surface area contributed by atoms with Crippen LogP contribution >= 0.6 is 0 Å². The van der Waals surface area contributed by atoms with Crippen LogP contribution in [0.3, 0.4) is 0 Å². The molecule has 5 heteroatoms. The number of pyridine rings is 1. The van der Waals surface area contributed by atoms with Gasteiger partial charge < -0.3 is 10.0 Å². The molecular formula is C13H18N4O. The standard InChI is InChI=1S/C13H18N4O/c1-11(18)10-16-5-7-17(8-6-16)13-4-2-3-12(9-14)15-13/h2-4,11,18H,5-8,10H2,1H3/t11-/m1/s1. The summed E-state index contributed by atoms with van der Waals surface area (Å²) in [7, 11) is 0. The molecule has 0 aromatic carbocycles. The van der Waals surface area contributed by atoms with E-state index in [1.807, 2.05) is 19.1 Å². The number of aliphatic hydroxyl groups is 1. The van der Waals surface area contributed by atoms with Gasteiger partial charge in [-0.2, -0.15) is 5.26 Å². The first kappa shape index (κ1) is 12.8. The molecule has 1 atom stereocenters. The fourth-order valence-electron chi connectivity index (χ4n) is 2.19. The third-order valence-corrected chi connectivity index (χ3v) is 3.07. The monoisotopic (exact) mass is 246 g/mol. The number of hydrogen-bond donors (Lipinski definition) is 1. The van der Waals surface area contributed by atoms with Gasteiger partial charge in [-0.05, 0) is 19.1 Å². The van der Waals surface area contributed by atoms with E-state index in [0.717, 1.165) is 38.5 Å². The zero-order valence-corrected chi connectivity index (χ0v) is 10.6. The van der Waals surface area contributed by atoms with E-state index in [1.165, 1.54) is 0 Å². The quantitative estimate of drug-likeness (QED) is 0.839. The zero-order valence-electron chi connectivity index (χ0n) is 10.6. The van der Waals surface area contributed by atoms with Gasteiger partial charge in [0, 0.05) is 32.7 Å². The molecule has 1 fully saturated rings. The van der Waals surface area contributed by atoms with Gasteiger partial charge in [0.25, 0.3) is 0 Å². The minimum absolute atomic E-state index is 0.281. The molecule has 1 N–H and O–H groups in total. The van der Waals surface area contributed by atoms with Crippen LogP contribution in [0.1, 0.15) is 12.6 Å². The average molecular weight is 246 g/mol. The molecule has 1 saturated heterocycles. The number of aliphatic hydroxyl groups excluding tert-OH is 1. The lowest BCUT2D eigenvalue weighted by Crippen LogP contribution is -2.48. The fraction of sp³-hybridized carbons (Fsp3) is 0.538. The van der Waals surface area contributed by atoms with E-state index in [0.29, 0.717) is 5.69 Å². The van der Waals surface area contributed by atoms with Crippen LogP contribution in [-0.4, -0.2) is 53.8 Å². The van der Waals surface area contributed by atoms with Crippen molar-refractivity contribution in [1.29, 1.82) is 5.26 Å². The molecule has 18 heavy (non-hydrogen) atoms. The Hall–Kier alpha value is -1.64. The van der Waals surface area contributed by atoms with E-state index < -0.39 is 0 Å². The Morgan fingerprint density at radius 1 is 1.39 bits per heavy atom. The van der Waals surface area contributed by atoms with Crippen LogP contribution in [0.2, 0.25) is 0 Å². The van der Waals surface area contributed by atoms with Crippen LogP contribution < -0.4 is 4.90 Å². The fourth-order valence-corrected chi connectivity index (χ4v) is 2.19. The van der Waals surface area contributed by atoms with Gasteiger partial charge in [0.2, 0.25) is 0 Å². The van der Waals surface area contributed by atoms with Crippen molar-refractivity contribution in [2.45, 2.75) is 13.0 Å². The van der Waals surface area contributed by atoms with Crippen LogP contribution in [0.4, 0.5) is 5.82 Å². The predicted molar refractivity (Wildman–Crippen MR) is 69.3 cm³/mol. The third-order valence-electron chi connectivity index (χ3n) is 3.07. The Morgan fingerprint density at radius 3 is 2.72 bits per heavy atom. The molecule has 1 aliphatic heterocycles. The molecule has 1 aliphatic rings. The number of anilines is 1. The summed E-state index contributed by atoms with van der Waals surface area (Å²) in [4.78, 5) is 8.72. The summed E-state index contributed by atoms with van der Waals surface area (Å²) in [6, 6.07) is 7.58. The lowest BCUT2D eigenvalue weighted by Gasteiger charge is -2.35. The maximum atomic E-state index is 9.35. The van der Waals surface area contributed by atoms with Crippen LogP contribution in [0, 0.1) is 11.3 Å². The largest absolute Gasteiger partial charge is 0.392 e. The highest BCUT2D eigenvalue weighted by Crippen LogP contribution is 2.14. The van der Waals surface area contributed by atoms with Crippen molar-refractivity contribution in [1.82, 2.24) is 9.88 Å². The summed E-state index contributed by atoms with van der Waals surface area (Å²) < 4.78 is 0. The molecule has 96 valence electrons. The molecule has 0 unspecified atom stereocenters.